The second-order valence-electron chi connectivity index (χ2n) is 8.48. The van der Waals surface area contributed by atoms with Crippen LogP contribution in [0.15, 0.2) is 54.7 Å². The topological polar surface area (TPSA) is 78.6 Å². The third-order valence-electron chi connectivity index (χ3n) is 6.40. The molecule has 0 spiro atoms. The van der Waals surface area contributed by atoms with Crippen molar-refractivity contribution in [2.45, 2.75) is 0 Å². The van der Waals surface area contributed by atoms with Crippen LogP contribution in [0, 0.1) is 0 Å². The number of H-pyrrole nitrogens is 1. The Morgan fingerprint density at radius 1 is 0.944 bits per heavy atom. The van der Waals surface area contributed by atoms with Crippen molar-refractivity contribution < 1.29 is 14.3 Å². The number of ether oxygens (including phenoxy) is 2. The molecular weight excluding hydrogens is 499 g/mol. The van der Waals surface area contributed by atoms with E-state index in [1.165, 1.54) is 0 Å². The number of piperazine rings is 1. The Labute approximate surface area is 219 Å². The Hall–Kier alpha value is -3.39. The number of nitrogens with zero attached hydrogens (tertiary/aromatic N) is 1. The number of hydrogen-bond acceptors (Lipinski definition) is 5. The van der Waals surface area contributed by atoms with E-state index < -0.39 is 0 Å². The van der Waals surface area contributed by atoms with Crippen LogP contribution in [0.3, 0.4) is 0 Å². The zero-order chi connectivity index (χ0) is 25.2. The van der Waals surface area contributed by atoms with Crippen molar-refractivity contribution in [3.8, 4) is 22.6 Å². The van der Waals surface area contributed by atoms with Gasteiger partial charge in [-0.1, -0.05) is 35.3 Å². The first-order valence-corrected chi connectivity index (χ1v) is 12.3. The molecule has 3 N–H and O–H groups in total. The maximum atomic E-state index is 13.0. The molecule has 0 atom stereocenters. The van der Waals surface area contributed by atoms with E-state index >= 15 is 0 Å². The normalized spacial score (nSPS) is 13.6. The summed E-state index contributed by atoms with van der Waals surface area (Å²) in [5.74, 6) is 0.765. The molecule has 0 unspecified atom stereocenters. The Morgan fingerprint density at radius 2 is 1.61 bits per heavy atom. The molecule has 186 valence electrons. The first kappa shape index (κ1) is 24.3. The molecule has 4 aromatic rings. The largest absolute Gasteiger partial charge is 0.495 e. The average Bonchev–Trinajstić information content (AvgIpc) is 3.31. The molecule has 1 aliphatic rings. The molecule has 1 aliphatic heterocycles. The summed E-state index contributed by atoms with van der Waals surface area (Å²) in [5, 5.41) is 8.02. The number of methoxy groups -OCH3 is 2. The molecule has 3 aromatic carbocycles. The molecule has 1 fully saturated rings. The lowest BCUT2D eigenvalue weighted by Gasteiger charge is -2.29. The predicted molar refractivity (Wildman–Crippen MR) is 146 cm³/mol. The fraction of sp³-hybridized carbons (Fsp3) is 0.222. The van der Waals surface area contributed by atoms with Gasteiger partial charge in [-0.3, -0.25) is 4.79 Å². The highest BCUT2D eigenvalue weighted by atomic mass is 35.5. The number of benzene rings is 3. The summed E-state index contributed by atoms with van der Waals surface area (Å²) in [6.07, 6.45) is 1.77. The van der Waals surface area contributed by atoms with Crippen molar-refractivity contribution in [1.82, 2.24) is 10.3 Å². The van der Waals surface area contributed by atoms with Crippen LogP contribution in [0.1, 0.15) is 10.4 Å². The smallest absolute Gasteiger partial charge is 0.255 e. The van der Waals surface area contributed by atoms with E-state index in [0.29, 0.717) is 38.4 Å². The van der Waals surface area contributed by atoms with E-state index in [1.807, 2.05) is 42.5 Å². The van der Waals surface area contributed by atoms with Gasteiger partial charge < -0.3 is 30.0 Å². The van der Waals surface area contributed by atoms with Gasteiger partial charge in [0.15, 0.2) is 0 Å². The summed E-state index contributed by atoms with van der Waals surface area (Å²) in [6.45, 7) is 3.85. The lowest BCUT2D eigenvalue weighted by molar-refractivity contribution is 0.102. The maximum absolute atomic E-state index is 13.0. The van der Waals surface area contributed by atoms with Crippen LogP contribution in [0.2, 0.25) is 10.0 Å². The summed E-state index contributed by atoms with van der Waals surface area (Å²) < 4.78 is 10.8. The molecule has 0 saturated carbocycles. The summed E-state index contributed by atoms with van der Waals surface area (Å²) >= 11 is 13.2. The molecule has 1 saturated heterocycles. The van der Waals surface area contributed by atoms with Crippen LogP contribution in [0.5, 0.6) is 11.5 Å². The van der Waals surface area contributed by atoms with Gasteiger partial charge in [-0.15, -0.1) is 0 Å². The first-order valence-electron chi connectivity index (χ1n) is 11.6. The van der Waals surface area contributed by atoms with Gasteiger partial charge in [-0.2, -0.15) is 0 Å². The van der Waals surface area contributed by atoms with Crippen LogP contribution in [-0.2, 0) is 0 Å². The van der Waals surface area contributed by atoms with E-state index in [1.54, 1.807) is 26.5 Å². The Morgan fingerprint density at radius 3 is 2.25 bits per heavy atom. The molecule has 36 heavy (non-hydrogen) atoms. The quantitative estimate of drug-likeness (QED) is 0.296. The number of rotatable bonds is 6. The summed E-state index contributed by atoms with van der Waals surface area (Å²) in [7, 11) is 3.08. The van der Waals surface area contributed by atoms with Crippen molar-refractivity contribution >= 4 is 51.4 Å². The van der Waals surface area contributed by atoms with E-state index in [0.717, 1.165) is 48.3 Å². The number of aromatic nitrogens is 1. The number of anilines is 2. The fourth-order valence-electron chi connectivity index (χ4n) is 4.47. The van der Waals surface area contributed by atoms with Gasteiger partial charge in [0.2, 0.25) is 0 Å². The molecule has 0 aliphatic carbocycles. The van der Waals surface area contributed by atoms with Gasteiger partial charge in [0.1, 0.15) is 11.5 Å². The van der Waals surface area contributed by atoms with Crippen LogP contribution in [-0.4, -0.2) is 51.3 Å². The molecule has 1 aromatic heterocycles. The monoisotopic (exact) mass is 524 g/mol. The number of fused-ring (bicyclic) bond motifs is 1. The molecule has 2 heterocycles. The minimum absolute atomic E-state index is 0.171. The van der Waals surface area contributed by atoms with E-state index in [4.69, 9.17) is 32.7 Å². The summed E-state index contributed by atoms with van der Waals surface area (Å²) in [5.41, 5.74) is 4.64. The standard InChI is InChI=1S/C27H26Cl2N4O3/c1-35-22-14-23(36-2)26(29)24(25(22)28)17-5-8-19-20(13-17)31-15-21(19)32-27(34)16-3-6-18(7-4-16)33-11-9-30-10-12-33/h3-8,13-15,30-31H,9-12H2,1-2H3,(H,32,34). The molecular formula is C27H26Cl2N4O3. The number of carbonyl (C=O) groups excluding carboxylic acids is 1. The van der Waals surface area contributed by atoms with E-state index in [-0.39, 0.29) is 5.91 Å². The van der Waals surface area contributed by atoms with Gasteiger partial charge >= 0.3 is 0 Å². The number of amides is 1. The third-order valence-corrected chi connectivity index (χ3v) is 7.15. The minimum atomic E-state index is -0.171. The molecule has 1 amide bonds. The zero-order valence-electron chi connectivity index (χ0n) is 20.0. The van der Waals surface area contributed by atoms with Crippen LogP contribution in [0.25, 0.3) is 22.0 Å². The van der Waals surface area contributed by atoms with Crippen molar-refractivity contribution in [3.63, 3.8) is 0 Å². The highest BCUT2D eigenvalue weighted by Gasteiger charge is 2.20. The summed E-state index contributed by atoms with van der Waals surface area (Å²) in [4.78, 5) is 18.5. The van der Waals surface area contributed by atoms with Gasteiger partial charge in [0, 0.05) is 66.2 Å². The van der Waals surface area contributed by atoms with Crippen LogP contribution < -0.4 is 25.0 Å². The summed E-state index contributed by atoms with van der Waals surface area (Å²) in [6, 6.07) is 15.1. The number of carbonyl (C=O) groups is 1. The average molecular weight is 525 g/mol. The molecule has 0 bridgehead atoms. The number of aromatic amines is 1. The Bertz CT molecular complexity index is 1380. The zero-order valence-corrected chi connectivity index (χ0v) is 21.5. The number of halogens is 2. The second-order valence-corrected chi connectivity index (χ2v) is 9.24. The minimum Gasteiger partial charge on any atom is -0.495 e. The van der Waals surface area contributed by atoms with E-state index in [9.17, 15) is 4.79 Å². The second kappa shape index (κ2) is 10.3. The van der Waals surface area contributed by atoms with Crippen molar-refractivity contribution in [1.29, 1.82) is 0 Å². The lowest BCUT2D eigenvalue weighted by Crippen LogP contribution is -2.43. The van der Waals surface area contributed by atoms with E-state index in [2.05, 4.69) is 20.5 Å². The maximum Gasteiger partial charge on any atom is 0.255 e. The predicted octanol–water partition coefficient (Wildman–Crippen LogP) is 5.82. The van der Waals surface area contributed by atoms with Gasteiger partial charge in [0.25, 0.3) is 5.91 Å². The highest BCUT2D eigenvalue weighted by Crippen LogP contribution is 2.46. The van der Waals surface area contributed by atoms with Crippen molar-refractivity contribution in [2.75, 3.05) is 50.6 Å². The fourth-order valence-corrected chi connectivity index (χ4v) is 5.18. The highest BCUT2D eigenvalue weighted by molar-refractivity contribution is 6.41. The van der Waals surface area contributed by atoms with Gasteiger partial charge in [-0.25, -0.2) is 0 Å². The lowest BCUT2D eigenvalue weighted by atomic mass is 10.0. The SMILES string of the molecule is COc1cc(OC)c(Cl)c(-c2ccc3c(NC(=O)c4ccc(N5CCNCC5)cc4)c[nH]c3c2)c1Cl. The molecule has 9 heteroatoms. The molecule has 7 nitrogen and oxygen atoms in total. The van der Waals surface area contributed by atoms with Crippen LogP contribution >= 0.6 is 23.2 Å². The Kier molecular flexibility index (Phi) is 6.96. The van der Waals surface area contributed by atoms with Crippen LogP contribution in [0.4, 0.5) is 11.4 Å². The van der Waals surface area contributed by atoms with Crippen molar-refractivity contribution in [2.24, 2.45) is 0 Å². The molecule has 0 radical (unpaired) electrons. The number of nitrogens with one attached hydrogen (secondary N) is 3. The first-order chi connectivity index (χ1) is 17.5. The third kappa shape index (κ3) is 4.57. The van der Waals surface area contributed by atoms with Gasteiger partial charge in [0.05, 0.1) is 30.0 Å². The molecule has 5 rings (SSSR count). The van der Waals surface area contributed by atoms with Crippen molar-refractivity contribution in [3.05, 3.63) is 70.3 Å². The van der Waals surface area contributed by atoms with Gasteiger partial charge in [-0.05, 0) is 35.9 Å². The Balaban J connectivity index is 1.39. The number of hydrogen-bond donors (Lipinski definition) is 3.